The van der Waals surface area contributed by atoms with Crippen LogP contribution in [0.4, 0.5) is 5.95 Å². The van der Waals surface area contributed by atoms with Crippen LogP contribution >= 0.6 is 0 Å². The van der Waals surface area contributed by atoms with Crippen LogP contribution < -0.4 is 5.32 Å². The molecule has 136 valence electrons. The molecule has 0 atom stereocenters. The Balaban J connectivity index is 1.44. The number of nitrogens with zero attached hydrogens (tertiary/aromatic N) is 3. The summed E-state index contributed by atoms with van der Waals surface area (Å²) in [4.78, 5) is 7.28. The van der Waals surface area contributed by atoms with Crippen molar-refractivity contribution in [3.05, 3.63) is 60.2 Å². The summed E-state index contributed by atoms with van der Waals surface area (Å²) in [5.41, 5.74) is 3.50. The highest BCUT2D eigenvalue weighted by Crippen LogP contribution is 2.21. The van der Waals surface area contributed by atoms with Gasteiger partial charge in [0.2, 0.25) is 5.95 Å². The van der Waals surface area contributed by atoms with Crippen molar-refractivity contribution >= 4 is 17.0 Å². The summed E-state index contributed by atoms with van der Waals surface area (Å²) in [7, 11) is 0. The van der Waals surface area contributed by atoms with Crippen LogP contribution in [-0.4, -0.2) is 53.8 Å². The molecule has 0 unspecified atom stereocenters. The van der Waals surface area contributed by atoms with Crippen molar-refractivity contribution in [3.8, 4) is 0 Å². The summed E-state index contributed by atoms with van der Waals surface area (Å²) in [5.74, 6) is 0.956. The number of ether oxygens (including phenoxy) is 1. The fourth-order valence-corrected chi connectivity index (χ4v) is 3.46. The van der Waals surface area contributed by atoms with E-state index in [1.807, 2.05) is 6.07 Å². The van der Waals surface area contributed by atoms with Crippen LogP contribution in [0.25, 0.3) is 11.0 Å². The Bertz CT molecular complexity index is 824. The first-order valence-electron chi connectivity index (χ1n) is 9.43. The highest BCUT2D eigenvalue weighted by Gasteiger charge is 2.12. The lowest BCUT2D eigenvalue weighted by atomic mass is 10.2. The van der Waals surface area contributed by atoms with E-state index in [4.69, 9.17) is 9.72 Å². The van der Waals surface area contributed by atoms with Gasteiger partial charge in [-0.25, -0.2) is 4.98 Å². The van der Waals surface area contributed by atoms with E-state index in [-0.39, 0.29) is 0 Å². The first kappa shape index (κ1) is 17.1. The monoisotopic (exact) mass is 350 g/mol. The third-order valence-electron chi connectivity index (χ3n) is 4.88. The lowest BCUT2D eigenvalue weighted by Gasteiger charge is -2.26. The van der Waals surface area contributed by atoms with E-state index in [0.717, 1.165) is 63.8 Å². The summed E-state index contributed by atoms with van der Waals surface area (Å²) < 4.78 is 7.69. The normalized spacial score (nSPS) is 15.4. The first-order chi connectivity index (χ1) is 12.9. The number of fused-ring (bicyclic) bond motifs is 1. The second-order valence-corrected chi connectivity index (χ2v) is 6.73. The number of nitrogens with one attached hydrogen (secondary N) is 1. The molecule has 1 aliphatic rings. The minimum Gasteiger partial charge on any atom is -0.379 e. The van der Waals surface area contributed by atoms with E-state index in [1.165, 1.54) is 11.1 Å². The van der Waals surface area contributed by atoms with E-state index in [9.17, 15) is 0 Å². The second-order valence-electron chi connectivity index (χ2n) is 6.73. The van der Waals surface area contributed by atoms with Gasteiger partial charge in [-0.15, -0.1) is 0 Å². The molecule has 1 aliphatic heterocycles. The van der Waals surface area contributed by atoms with Gasteiger partial charge in [-0.05, 0) is 30.7 Å². The number of hydrogen-bond donors (Lipinski definition) is 1. The summed E-state index contributed by atoms with van der Waals surface area (Å²) in [6.45, 7) is 6.68. The van der Waals surface area contributed by atoms with Gasteiger partial charge in [0.25, 0.3) is 0 Å². The molecule has 5 heteroatoms. The number of imidazole rings is 1. The molecule has 1 fully saturated rings. The Labute approximate surface area is 154 Å². The Morgan fingerprint density at radius 2 is 1.73 bits per heavy atom. The molecular weight excluding hydrogens is 324 g/mol. The van der Waals surface area contributed by atoms with E-state index >= 15 is 0 Å². The van der Waals surface area contributed by atoms with Gasteiger partial charge in [0.05, 0.1) is 30.8 Å². The van der Waals surface area contributed by atoms with Crippen molar-refractivity contribution in [2.75, 3.05) is 44.7 Å². The van der Waals surface area contributed by atoms with Gasteiger partial charge >= 0.3 is 0 Å². The zero-order valence-corrected chi connectivity index (χ0v) is 15.1. The molecule has 0 amide bonds. The lowest BCUT2D eigenvalue weighted by Crippen LogP contribution is -2.37. The number of morpholine rings is 1. The number of anilines is 1. The van der Waals surface area contributed by atoms with Crippen LogP contribution in [0.15, 0.2) is 54.6 Å². The predicted octanol–water partition coefficient (Wildman–Crippen LogP) is 3.22. The van der Waals surface area contributed by atoms with Gasteiger partial charge in [0, 0.05) is 19.6 Å². The molecule has 2 aromatic carbocycles. The topological polar surface area (TPSA) is 42.3 Å². The second kappa shape index (κ2) is 8.34. The first-order valence-corrected chi connectivity index (χ1v) is 9.43. The largest absolute Gasteiger partial charge is 0.379 e. The SMILES string of the molecule is c1ccc(Cn2c(NCCCN3CCOCC3)nc3ccccc32)cc1. The molecule has 1 N–H and O–H groups in total. The summed E-state index contributed by atoms with van der Waals surface area (Å²) in [6.07, 6.45) is 1.11. The molecule has 0 spiro atoms. The Morgan fingerprint density at radius 3 is 2.58 bits per heavy atom. The number of aromatic nitrogens is 2. The van der Waals surface area contributed by atoms with E-state index in [0.29, 0.717) is 0 Å². The smallest absolute Gasteiger partial charge is 0.204 e. The zero-order chi connectivity index (χ0) is 17.6. The molecule has 3 aromatic rings. The molecule has 0 radical (unpaired) electrons. The molecule has 5 nitrogen and oxygen atoms in total. The minimum absolute atomic E-state index is 0.827. The number of benzene rings is 2. The molecule has 1 aromatic heterocycles. The fraction of sp³-hybridized carbons (Fsp3) is 0.381. The van der Waals surface area contributed by atoms with Gasteiger partial charge < -0.3 is 14.6 Å². The maximum absolute atomic E-state index is 5.41. The Morgan fingerprint density at radius 1 is 0.962 bits per heavy atom. The van der Waals surface area contributed by atoms with Crippen LogP contribution in [-0.2, 0) is 11.3 Å². The average Bonchev–Trinajstić information content (AvgIpc) is 3.04. The highest BCUT2D eigenvalue weighted by atomic mass is 16.5. The highest BCUT2D eigenvalue weighted by molar-refractivity contribution is 5.78. The Hall–Kier alpha value is -2.37. The summed E-state index contributed by atoms with van der Waals surface area (Å²) in [5, 5.41) is 3.56. The summed E-state index contributed by atoms with van der Waals surface area (Å²) in [6, 6.07) is 18.9. The number of hydrogen-bond acceptors (Lipinski definition) is 4. The van der Waals surface area contributed by atoms with E-state index < -0.39 is 0 Å². The number of para-hydroxylation sites is 2. The summed E-state index contributed by atoms with van der Waals surface area (Å²) >= 11 is 0. The molecule has 4 rings (SSSR count). The standard InChI is InChI=1S/C21H26N4O/c1-2-7-18(8-3-1)17-25-20-10-5-4-9-19(20)23-21(25)22-11-6-12-24-13-15-26-16-14-24/h1-5,7-10H,6,11-17H2,(H,22,23). The molecule has 0 saturated carbocycles. The van der Waals surface area contributed by atoms with Gasteiger partial charge in [0.1, 0.15) is 0 Å². The minimum atomic E-state index is 0.827. The zero-order valence-electron chi connectivity index (χ0n) is 15.1. The van der Waals surface area contributed by atoms with E-state index in [1.54, 1.807) is 0 Å². The van der Waals surface area contributed by atoms with Crippen molar-refractivity contribution in [1.82, 2.24) is 14.5 Å². The quantitative estimate of drug-likeness (QED) is 0.665. The van der Waals surface area contributed by atoms with Crippen LogP contribution in [0.2, 0.25) is 0 Å². The van der Waals surface area contributed by atoms with Crippen molar-refractivity contribution in [3.63, 3.8) is 0 Å². The third-order valence-corrected chi connectivity index (χ3v) is 4.88. The molecule has 1 saturated heterocycles. The van der Waals surface area contributed by atoms with Crippen molar-refractivity contribution in [2.24, 2.45) is 0 Å². The molecular formula is C21H26N4O. The third kappa shape index (κ3) is 4.06. The molecule has 26 heavy (non-hydrogen) atoms. The van der Waals surface area contributed by atoms with Gasteiger partial charge in [0.15, 0.2) is 0 Å². The van der Waals surface area contributed by atoms with Crippen molar-refractivity contribution in [2.45, 2.75) is 13.0 Å². The van der Waals surface area contributed by atoms with Crippen LogP contribution in [0, 0.1) is 0 Å². The predicted molar refractivity (Wildman–Crippen MR) is 106 cm³/mol. The van der Waals surface area contributed by atoms with Crippen LogP contribution in [0.1, 0.15) is 12.0 Å². The van der Waals surface area contributed by atoms with Gasteiger partial charge in [-0.1, -0.05) is 42.5 Å². The maximum Gasteiger partial charge on any atom is 0.204 e. The lowest BCUT2D eigenvalue weighted by molar-refractivity contribution is 0.0378. The average molecular weight is 350 g/mol. The van der Waals surface area contributed by atoms with Gasteiger partial charge in [-0.2, -0.15) is 0 Å². The number of rotatable bonds is 7. The van der Waals surface area contributed by atoms with Gasteiger partial charge in [-0.3, -0.25) is 4.90 Å². The van der Waals surface area contributed by atoms with Crippen molar-refractivity contribution in [1.29, 1.82) is 0 Å². The van der Waals surface area contributed by atoms with E-state index in [2.05, 4.69) is 63.3 Å². The molecule has 0 bridgehead atoms. The Kier molecular flexibility index (Phi) is 5.47. The van der Waals surface area contributed by atoms with Crippen LogP contribution in [0.3, 0.4) is 0 Å². The fourth-order valence-electron chi connectivity index (χ4n) is 3.46. The molecule has 0 aliphatic carbocycles. The van der Waals surface area contributed by atoms with Crippen molar-refractivity contribution < 1.29 is 4.74 Å². The molecule has 2 heterocycles. The van der Waals surface area contributed by atoms with Crippen LogP contribution in [0.5, 0.6) is 0 Å². The maximum atomic E-state index is 5.41.